The number of anilines is 1. The van der Waals surface area contributed by atoms with Gasteiger partial charge in [-0.3, -0.25) is 10.2 Å². The van der Waals surface area contributed by atoms with Crippen molar-refractivity contribution in [3.05, 3.63) is 47.2 Å². The van der Waals surface area contributed by atoms with E-state index in [9.17, 15) is 4.79 Å². The third-order valence-corrected chi connectivity index (χ3v) is 6.00. The summed E-state index contributed by atoms with van der Waals surface area (Å²) in [6, 6.07) is 9.14. The summed E-state index contributed by atoms with van der Waals surface area (Å²) in [7, 11) is 2.12. The van der Waals surface area contributed by atoms with Crippen LogP contribution in [0.1, 0.15) is 48.4 Å². The van der Waals surface area contributed by atoms with Crippen LogP contribution in [-0.2, 0) is 13.0 Å². The highest BCUT2D eigenvalue weighted by molar-refractivity contribution is 5.89. The van der Waals surface area contributed by atoms with E-state index in [0.717, 1.165) is 37.2 Å². The van der Waals surface area contributed by atoms with Crippen LogP contribution < -0.4 is 10.6 Å². The maximum Gasteiger partial charge on any atom is 0.320 e. The molecule has 144 valence electrons. The molecule has 27 heavy (non-hydrogen) atoms. The Labute approximate surface area is 160 Å². The summed E-state index contributed by atoms with van der Waals surface area (Å²) < 4.78 is 2.00. The van der Waals surface area contributed by atoms with Crippen molar-refractivity contribution in [3.63, 3.8) is 0 Å². The zero-order chi connectivity index (χ0) is 18.8. The fraction of sp³-hybridized carbons (Fsp3) is 0.524. The van der Waals surface area contributed by atoms with Crippen LogP contribution in [0.15, 0.2) is 30.5 Å². The molecule has 1 saturated carbocycles. The van der Waals surface area contributed by atoms with E-state index in [1.54, 1.807) is 0 Å². The second kappa shape index (κ2) is 7.72. The molecule has 6 nitrogen and oxygen atoms in total. The van der Waals surface area contributed by atoms with Gasteiger partial charge in [0.05, 0.1) is 12.2 Å². The number of nitrogens with one attached hydrogen (secondary N) is 2. The van der Waals surface area contributed by atoms with E-state index in [4.69, 9.17) is 0 Å². The van der Waals surface area contributed by atoms with E-state index in [1.165, 1.54) is 24.0 Å². The number of amides is 2. The number of carbonyl (C=O) groups excluding carboxylic acids is 1. The molecule has 2 aliphatic rings. The molecule has 0 saturated heterocycles. The lowest BCUT2D eigenvalue weighted by Crippen LogP contribution is -2.46. The normalized spacial score (nSPS) is 20.4. The zero-order valence-electron chi connectivity index (χ0n) is 16.2. The highest BCUT2D eigenvalue weighted by Crippen LogP contribution is 2.32. The topological polar surface area (TPSA) is 62.2 Å². The highest BCUT2D eigenvalue weighted by Gasteiger charge is 2.25. The number of aryl methyl sites for hydroxylation is 1. The van der Waals surface area contributed by atoms with Crippen molar-refractivity contribution in [2.75, 3.05) is 18.9 Å². The van der Waals surface area contributed by atoms with E-state index in [-0.39, 0.29) is 6.03 Å². The Morgan fingerprint density at radius 1 is 1.22 bits per heavy atom. The zero-order valence-corrected chi connectivity index (χ0v) is 16.2. The first kappa shape index (κ1) is 18.0. The second-order valence-corrected chi connectivity index (χ2v) is 7.94. The number of aromatic nitrogens is 2. The van der Waals surface area contributed by atoms with Gasteiger partial charge in [-0.25, -0.2) is 9.48 Å². The number of nitrogens with zero attached hydrogens (tertiary/aromatic N) is 3. The van der Waals surface area contributed by atoms with Crippen LogP contribution in [0.2, 0.25) is 0 Å². The van der Waals surface area contributed by atoms with Gasteiger partial charge in [-0.2, -0.15) is 5.10 Å². The number of hydrogen-bond acceptors (Lipinski definition) is 3. The number of likely N-dealkylation sites (N-methyl/N-ethyl adjacent to an activating group) is 1. The van der Waals surface area contributed by atoms with E-state index < -0.39 is 0 Å². The number of fused-ring (bicyclic) bond motifs is 1. The van der Waals surface area contributed by atoms with Crippen LogP contribution in [0.25, 0.3) is 0 Å². The first-order valence-corrected chi connectivity index (χ1v) is 9.98. The van der Waals surface area contributed by atoms with E-state index >= 15 is 0 Å². The average molecular weight is 367 g/mol. The van der Waals surface area contributed by atoms with Crippen molar-refractivity contribution < 1.29 is 4.79 Å². The van der Waals surface area contributed by atoms with Gasteiger partial charge >= 0.3 is 6.03 Å². The summed E-state index contributed by atoms with van der Waals surface area (Å²) in [6.07, 6.45) is 7.58. The summed E-state index contributed by atoms with van der Waals surface area (Å²) in [4.78, 5) is 14.9. The molecule has 0 radical (unpaired) electrons. The van der Waals surface area contributed by atoms with Gasteiger partial charge in [-0.05, 0) is 44.4 Å². The molecule has 2 aromatic rings. The van der Waals surface area contributed by atoms with Crippen molar-refractivity contribution in [1.82, 2.24) is 20.0 Å². The van der Waals surface area contributed by atoms with Crippen molar-refractivity contribution in [3.8, 4) is 0 Å². The van der Waals surface area contributed by atoms with Crippen molar-refractivity contribution in [2.45, 2.75) is 57.7 Å². The fourth-order valence-electron chi connectivity index (χ4n) is 4.34. The molecule has 1 fully saturated rings. The van der Waals surface area contributed by atoms with Crippen molar-refractivity contribution >= 4 is 11.8 Å². The van der Waals surface area contributed by atoms with Gasteiger partial charge in [0.1, 0.15) is 5.82 Å². The predicted octanol–water partition coefficient (Wildman–Crippen LogP) is 3.48. The van der Waals surface area contributed by atoms with Gasteiger partial charge in [-0.15, -0.1) is 0 Å². The van der Waals surface area contributed by atoms with Gasteiger partial charge in [-0.1, -0.05) is 37.1 Å². The molecule has 6 heteroatoms. The molecule has 0 spiro atoms. The molecular formula is C21H29N5O. The number of rotatable bonds is 4. The molecule has 1 aliphatic carbocycles. The number of benzene rings is 1. The molecule has 2 heterocycles. The van der Waals surface area contributed by atoms with Crippen LogP contribution >= 0.6 is 0 Å². The Morgan fingerprint density at radius 2 is 1.96 bits per heavy atom. The second-order valence-electron chi connectivity index (χ2n) is 7.94. The third-order valence-electron chi connectivity index (χ3n) is 6.00. The first-order valence-electron chi connectivity index (χ1n) is 9.98. The van der Waals surface area contributed by atoms with Crippen molar-refractivity contribution in [1.29, 1.82) is 0 Å². The minimum Gasteiger partial charge on any atom is -0.336 e. The van der Waals surface area contributed by atoms with Crippen LogP contribution in [-0.4, -0.2) is 40.3 Å². The third kappa shape index (κ3) is 3.86. The van der Waals surface area contributed by atoms with Gasteiger partial charge in [0, 0.05) is 24.7 Å². The lowest BCUT2D eigenvalue weighted by Gasteiger charge is -2.34. The minimum atomic E-state index is -0.148. The SMILES string of the molecule is Cc1cnn(C2CCCC2)c1NC(=O)NCC1Cc2ccccc2CN1C. The van der Waals surface area contributed by atoms with Gasteiger partial charge in [0.25, 0.3) is 0 Å². The minimum absolute atomic E-state index is 0.148. The number of hydrogen-bond donors (Lipinski definition) is 2. The Kier molecular flexibility index (Phi) is 5.16. The molecule has 2 N–H and O–H groups in total. The van der Waals surface area contributed by atoms with E-state index in [1.807, 2.05) is 17.8 Å². The maximum atomic E-state index is 12.5. The summed E-state index contributed by atoms with van der Waals surface area (Å²) >= 11 is 0. The van der Waals surface area contributed by atoms with Gasteiger partial charge in [0.15, 0.2) is 0 Å². The Bertz CT molecular complexity index is 809. The lowest BCUT2D eigenvalue weighted by molar-refractivity contribution is 0.207. The summed E-state index contributed by atoms with van der Waals surface area (Å²) in [5.41, 5.74) is 3.79. The first-order chi connectivity index (χ1) is 13.1. The largest absolute Gasteiger partial charge is 0.336 e. The highest BCUT2D eigenvalue weighted by atomic mass is 16.2. The van der Waals surface area contributed by atoms with E-state index in [2.05, 4.69) is 51.9 Å². The average Bonchev–Trinajstić information content (AvgIpc) is 3.30. The fourth-order valence-corrected chi connectivity index (χ4v) is 4.34. The Morgan fingerprint density at radius 3 is 2.74 bits per heavy atom. The molecular weight excluding hydrogens is 338 g/mol. The predicted molar refractivity (Wildman–Crippen MR) is 107 cm³/mol. The Balaban J connectivity index is 1.36. The lowest BCUT2D eigenvalue weighted by atomic mass is 9.94. The molecule has 2 amide bonds. The van der Waals surface area contributed by atoms with Gasteiger partial charge < -0.3 is 5.32 Å². The monoisotopic (exact) mass is 367 g/mol. The van der Waals surface area contributed by atoms with Gasteiger partial charge in [0.2, 0.25) is 0 Å². The molecule has 1 aliphatic heterocycles. The summed E-state index contributed by atoms with van der Waals surface area (Å²) in [5.74, 6) is 0.835. The summed E-state index contributed by atoms with van der Waals surface area (Å²) in [5, 5.41) is 10.6. The molecule has 1 unspecified atom stereocenters. The van der Waals surface area contributed by atoms with Crippen LogP contribution in [0.4, 0.5) is 10.6 Å². The quantitative estimate of drug-likeness (QED) is 0.870. The standard InChI is InChI=1S/C21H29N5O/c1-15-12-23-26(18-9-5-6-10-18)20(15)24-21(27)22-13-19-11-16-7-3-4-8-17(16)14-25(19)2/h3-4,7-8,12,18-19H,5-6,9-11,13-14H2,1-2H3,(H2,22,24,27). The molecule has 1 atom stereocenters. The number of urea groups is 1. The molecule has 0 bridgehead atoms. The summed E-state index contributed by atoms with van der Waals surface area (Å²) in [6.45, 7) is 3.56. The van der Waals surface area contributed by atoms with Crippen LogP contribution in [0.5, 0.6) is 0 Å². The van der Waals surface area contributed by atoms with Crippen LogP contribution in [0, 0.1) is 6.92 Å². The molecule has 1 aromatic carbocycles. The molecule has 4 rings (SSSR count). The smallest absolute Gasteiger partial charge is 0.320 e. The Hall–Kier alpha value is -2.34. The maximum absolute atomic E-state index is 12.5. The van der Waals surface area contributed by atoms with Crippen LogP contribution in [0.3, 0.4) is 0 Å². The number of carbonyl (C=O) groups is 1. The molecule has 1 aromatic heterocycles. The van der Waals surface area contributed by atoms with Crippen molar-refractivity contribution in [2.24, 2.45) is 0 Å². The van der Waals surface area contributed by atoms with E-state index in [0.29, 0.717) is 18.6 Å².